The first-order valence-electron chi connectivity index (χ1n) is 6.78. The highest BCUT2D eigenvalue weighted by atomic mass is 16.5. The first kappa shape index (κ1) is 14.9. The monoisotopic (exact) mass is 242 g/mol. The number of likely N-dealkylation sites (N-methyl/N-ethyl adjacent to an activating group) is 1. The Labute approximate surface area is 107 Å². The van der Waals surface area contributed by atoms with E-state index in [2.05, 4.69) is 45.1 Å². The predicted molar refractivity (Wildman–Crippen MR) is 73.3 cm³/mol. The van der Waals surface area contributed by atoms with Crippen molar-refractivity contribution in [1.82, 2.24) is 10.2 Å². The van der Waals surface area contributed by atoms with Crippen molar-refractivity contribution in [3.63, 3.8) is 0 Å². The Balaban J connectivity index is 2.51. The van der Waals surface area contributed by atoms with Gasteiger partial charge in [0.1, 0.15) is 0 Å². The number of rotatable bonds is 6. The number of nitrogens with one attached hydrogen (secondary N) is 1. The van der Waals surface area contributed by atoms with E-state index in [1.165, 1.54) is 19.4 Å². The van der Waals surface area contributed by atoms with Gasteiger partial charge in [-0.15, -0.1) is 0 Å². The van der Waals surface area contributed by atoms with Crippen molar-refractivity contribution >= 4 is 0 Å². The first-order valence-corrected chi connectivity index (χ1v) is 6.78. The minimum absolute atomic E-state index is 0.435. The standard InChI is InChI=1S/C14H30N2O/c1-11(10-17-6)16(5)9-12-7-8-14(2,3)13(12)15-4/h11-13,15H,7-10H2,1-6H3. The normalized spacial score (nSPS) is 29.8. The Kier molecular flexibility index (Phi) is 5.42. The lowest BCUT2D eigenvalue weighted by Crippen LogP contribution is -2.45. The van der Waals surface area contributed by atoms with Crippen LogP contribution in [0.25, 0.3) is 0 Å². The summed E-state index contributed by atoms with van der Waals surface area (Å²) in [5.41, 5.74) is 0.435. The fourth-order valence-corrected chi connectivity index (χ4v) is 3.26. The van der Waals surface area contributed by atoms with E-state index in [1.807, 2.05) is 0 Å². The van der Waals surface area contributed by atoms with Gasteiger partial charge in [0, 0.05) is 25.7 Å². The molecular weight excluding hydrogens is 212 g/mol. The summed E-state index contributed by atoms with van der Waals surface area (Å²) < 4.78 is 5.23. The van der Waals surface area contributed by atoms with Gasteiger partial charge in [0.25, 0.3) is 0 Å². The average Bonchev–Trinajstić information content (AvgIpc) is 2.53. The molecule has 1 fully saturated rings. The second-order valence-electron chi connectivity index (χ2n) is 6.30. The maximum atomic E-state index is 5.23. The van der Waals surface area contributed by atoms with E-state index in [0.717, 1.165) is 12.5 Å². The van der Waals surface area contributed by atoms with Crippen LogP contribution in [0.5, 0.6) is 0 Å². The minimum Gasteiger partial charge on any atom is -0.383 e. The van der Waals surface area contributed by atoms with Crippen LogP contribution in [0.1, 0.15) is 33.6 Å². The fourth-order valence-electron chi connectivity index (χ4n) is 3.26. The molecule has 0 heterocycles. The van der Waals surface area contributed by atoms with Crippen LogP contribution in [-0.4, -0.2) is 51.3 Å². The molecular formula is C14H30N2O. The van der Waals surface area contributed by atoms with Crippen molar-refractivity contribution in [1.29, 1.82) is 0 Å². The molecule has 102 valence electrons. The summed E-state index contributed by atoms with van der Waals surface area (Å²) in [6.07, 6.45) is 2.66. The molecule has 1 saturated carbocycles. The molecule has 0 radical (unpaired) electrons. The van der Waals surface area contributed by atoms with E-state index in [9.17, 15) is 0 Å². The second kappa shape index (κ2) is 6.17. The summed E-state index contributed by atoms with van der Waals surface area (Å²) >= 11 is 0. The summed E-state index contributed by atoms with van der Waals surface area (Å²) in [6.45, 7) is 8.98. The summed E-state index contributed by atoms with van der Waals surface area (Å²) in [6, 6.07) is 1.14. The van der Waals surface area contributed by atoms with Crippen LogP contribution in [0.2, 0.25) is 0 Å². The highest BCUT2D eigenvalue weighted by Crippen LogP contribution is 2.41. The minimum atomic E-state index is 0.435. The molecule has 17 heavy (non-hydrogen) atoms. The molecule has 0 spiro atoms. The van der Waals surface area contributed by atoms with Crippen molar-refractivity contribution in [2.75, 3.05) is 34.4 Å². The van der Waals surface area contributed by atoms with Crippen LogP contribution in [-0.2, 0) is 4.74 Å². The van der Waals surface area contributed by atoms with E-state index >= 15 is 0 Å². The van der Waals surface area contributed by atoms with Crippen LogP contribution < -0.4 is 5.32 Å². The zero-order valence-corrected chi connectivity index (χ0v) is 12.4. The lowest BCUT2D eigenvalue weighted by atomic mass is 9.85. The van der Waals surface area contributed by atoms with Gasteiger partial charge in [-0.1, -0.05) is 13.8 Å². The molecule has 0 amide bonds. The molecule has 3 unspecified atom stereocenters. The quantitative estimate of drug-likeness (QED) is 0.771. The number of ether oxygens (including phenoxy) is 1. The fraction of sp³-hybridized carbons (Fsp3) is 1.00. The van der Waals surface area contributed by atoms with Crippen molar-refractivity contribution < 1.29 is 4.74 Å². The van der Waals surface area contributed by atoms with Gasteiger partial charge in [0.05, 0.1) is 6.61 Å². The molecule has 3 heteroatoms. The van der Waals surface area contributed by atoms with Crippen LogP contribution in [0.3, 0.4) is 0 Å². The van der Waals surface area contributed by atoms with Crippen LogP contribution in [0, 0.1) is 11.3 Å². The van der Waals surface area contributed by atoms with Crippen molar-refractivity contribution in [3.8, 4) is 0 Å². The molecule has 0 aromatic heterocycles. The topological polar surface area (TPSA) is 24.5 Å². The summed E-state index contributed by atoms with van der Waals surface area (Å²) in [4.78, 5) is 2.43. The summed E-state index contributed by atoms with van der Waals surface area (Å²) in [7, 11) is 6.09. The largest absolute Gasteiger partial charge is 0.383 e. The molecule has 1 aliphatic carbocycles. The zero-order valence-electron chi connectivity index (χ0n) is 12.4. The Bertz CT molecular complexity index is 230. The zero-order chi connectivity index (χ0) is 13.1. The Morgan fingerprint density at radius 3 is 2.65 bits per heavy atom. The number of nitrogens with zero attached hydrogens (tertiary/aromatic N) is 1. The third kappa shape index (κ3) is 3.67. The molecule has 0 bridgehead atoms. The van der Waals surface area contributed by atoms with Gasteiger partial charge >= 0.3 is 0 Å². The highest BCUT2D eigenvalue weighted by Gasteiger charge is 2.41. The number of methoxy groups -OCH3 is 1. The van der Waals surface area contributed by atoms with E-state index in [-0.39, 0.29) is 0 Å². The number of hydrogen-bond acceptors (Lipinski definition) is 3. The van der Waals surface area contributed by atoms with E-state index in [4.69, 9.17) is 4.74 Å². The first-order chi connectivity index (χ1) is 7.92. The summed E-state index contributed by atoms with van der Waals surface area (Å²) in [5, 5.41) is 3.52. The molecule has 3 atom stereocenters. The van der Waals surface area contributed by atoms with Gasteiger partial charge in [0.2, 0.25) is 0 Å². The molecule has 0 aromatic rings. The Morgan fingerprint density at radius 1 is 1.47 bits per heavy atom. The van der Waals surface area contributed by atoms with E-state index in [0.29, 0.717) is 17.5 Å². The SMILES string of the molecule is CNC1C(CN(C)C(C)COC)CCC1(C)C. The maximum absolute atomic E-state index is 5.23. The number of hydrogen-bond donors (Lipinski definition) is 1. The highest BCUT2D eigenvalue weighted by molar-refractivity contribution is 4.96. The average molecular weight is 242 g/mol. The molecule has 3 nitrogen and oxygen atoms in total. The van der Waals surface area contributed by atoms with Gasteiger partial charge in [-0.05, 0) is 45.2 Å². The second-order valence-corrected chi connectivity index (χ2v) is 6.30. The van der Waals surface area contributed by atoms with Crippen LogP contribution in [0.15, 0.2) is 0 Å². The molecule has 1 N–H and O–H groups in total. The van der Waals surface area contributed by atoms with Crippen molar-refractivity contribution in [3.05, 3.63) is 0 Å². The van der Waals surface area contributed by atoms with Crippen LogP contribution >= 0.6 is 0 Å². The predicted octanol–water partition coefficient (Wildman–Crippen LogP) is 1.98. The van der Waals surface area contributed by atoms with E-state index in [1.54, 1.807) is 7.11 Å². The van der Waals surface area contributed by atoms with Gasteiger partial charge in [-0.25, -0.2) is 0 Å². The Morgan fingerprint density at radius 2 is 2.12 bits per heavy atom. The molecule has 1 aliphatic rings. The van der Waals surface area contributed by atoms with E-state index < -0.39 is 0 Å². The molecule has 0 saturated heterocycles. The Hall–Kier alpha value is -0.120. The third-order valence-corrected chi connectivity index (χ3v) is 4.47. The van der Waals surface area contributed by atoms with Crippen molar-refractivity contribution in [2.45, 2.75) is 45.7 Å². The lowest BCUT2D eigenvalue weighted by molar-refractivity contribution is 0.0994. The third-order valence-electron chi connectivity index (χ3n) is 4.47. The maximum Gasteiger partial charge on any atom is 0.0615 e. The van der Waals surface area contributed by atoms with Gasteiger partial charge in [0.15, 0.2) is 0 Å². The lowest BCUT2D eigenvalue weighted by Gasteiger charge is -2.34. The van der Waals surface area contributed by atoms with Crippen LogP contribution in [0.4, 0.5) is 0 Å². The molecule has 0 aliphatic heterocycles. The van der Waals surface area contributed by atoms with Gasteiger partial charge in [-0.2, -0.15) is 0 Å². The molecule has 0 aromatic carbocycles. The van der Waals surface area contributed by atoms with Gasteiger partial charge in [-0.3, -0.25) is 0 Å². The molecule has 1 rings (SSSR count). The van der Waals surface area contributed by atoms with Crippen molar-refractivity contribution in [2.24, 2.45) is 11.3 Å². The smallest absolute Gasteiger partial charge is 0.0615 e. The van der Waals surface area contributed by atoms with Gasteiger partial charge < -0.3 is 15.0 Å². The summed E-state index contributed by atoms with van der Waals surface area (Å²) in [5.74, 6) is 0.763.